The number of hydrogen-bond acceptors (Lipinski definition) is 4. The average molecular weight is 357 g/mol. The summed E-state index contributed by atoms with van der Waals surface area (Å²) in [7, 11) is 0. The van der Waals surface area contributed by atoms with Gasteiger partial charge in [-0.3, -0.25) is 9.78 Å². The van der Waals surface area contributed by atoms with Gasteiger partial charge in [0.1, 0.15) is 5.75 Å². The van der Waals surface area contributed by atoms with Crippen LogP contribution in [0.2, 0.25) is 0 Å². The van der Waals surface area contributed by atoms with Crippen LogP contribution in [-0.4, -0.2) is 17.4 Å². The molecule has 25 heavy (non-hydrogen) atoms. The average Bonchev–Trinajstić information content (AvgIpc) is 2.56. The summed E-state index contributed by atoms with van der Waals surface area (Å²) in [6.45, 7) is 6.13. The molecule has 0 aliphatic carbocycles. The molecule has 5 heteroatoms. The fourth-order valence-electron chi connectivity index (χ4n) is 2.64. The lowest BCUT2D eigenvalue weighted by Gasteiger charge is -2.12. The van der Waals surface area contributed by atoms with Crippen LogP contribution in [0.4, 0.5) is 11.4 Å². The first-order valence-electron chi connectivity index (χ1n) is 7.99. The van der Waals surface area contributed by atoms with Crippen molar-refractivity contribution in [2.75, 3.05) is 11.9 Å². The molecule has 0 saturated carbocycles. The van der Waals surface area contributed by atoms with Gasteiger partial charge in [0.15, 0.2) is 5.78 Å². The van der Waals surface area contributed by atoms with Crippen molar-refractivity contribution in [3.8, 4) is 5.75 Å². The number of pyridine rings is 1. The third-order valence-corrected chi connectivity index (χ3v) is 3.79. The molecule has 0 amide bonds. The van der Waals surface area contributed by atoms with Crippen LogP contribution in [0.15, 0.2) is 48.5 Å². The maximum absolute atomic E-state index is 11.4. The van der Waals surface area contributed by atoms with E-state index < -0.39 is 0 Å². The van der Waals surface area contributed by atoms with Crippen molar-refractivity contribution in [1.29, 1.82) is 0 Å². The Hall–Kier alpha value is -2.59. The van der Waals surface area contributed by atoms with Gasteiger partial charge in [-0.05, 0) is 69.3 Å². The number of aromatic nitrogens is 1. The highest BCUT2D eigenvalue weighted by molar-refractivity contribution is 5.96. The number of fused-ring (bicyclic) bond motifs is 1. The van der Waals surface area contributed by atoms with E-state index in [4.69, 9.17) is 4.74 Å². The molecule has 0 fully saturated rings. The van der Waals surface area contributed by atoms with Gasteiger partial charge in [-0.1, -0.05) is 0 Å². The first-order chi connectivity index (χ1) is 11.6. The molecule has 0 saturated heterocycles. The van der Waals surface area contributed by atoms with Gasteiger partial charge >= 0.3 is 0 Å². The highest BCUT2D eigenvalue weighted by atomic mass is 35.5. The van der Waals surface area contributed by atoms with E-state index in [1.165, 1.54) is 0 Å². The zero-order valence-electron chi connectivity index (χ0n) is 14.5. The minimum atomic E-state index is 0. The lowest BCUT2D eigenvalue weighted by Crippen LogP contribution is -1.97. The minimum absolute atomic E-state index is 0. The number of benzene rings is 2. The molecule has 0 unspecified atom stereocenters. The van der Waals surface area contributed by atoms with Crippen LogP contribution < -0.4 is 10.1 Å². The number of nitrogens with zero attached hydrogens (tertiary/aromatic N) is 1. The summed E-state index contributed by atoms with van der Waals surface area (Å²) in [5, 5.41) is 4.42. The second-order valence-electron chi connectivity index (χ2n) is 5.68. The van der Waals surface area contributed by atoms with E-state index in [0.717, 1.165) is 33.7 Å². The van der Waals surface area contributed by atoms with Crippen molar-refractivity contribution in [2.45, 2.75) is 20.8 Å². The fraction of sp³-hybridized carbons (Fsp3) is 0.200. The van der Waals surface area contributed by atoms with Gasteiger partial charge in [-0.15, -0.1) is 12.4 Å². The molecule has 0 aliphatic rings. The van der Waals surface area contributed by atoms with Gasteiger partial charge in [-0.25, -0.2) is 0 Å². The molecule has 0 atom stereocenters. The number of anilines is 2. The molecular weight excluding hydrogens is 336 g/mol. The van der Waals surface area contributed by atoms with E-state index in [-0.39, 0.29) is 18.2 Å². The first-order valence-corrected chi connectivity index (χ1v) is 7.99. The first kappa shape index (κ1) is 18.7. The fourth-order valence-corrected chi connectivity index (χ4v) is 2.64. The van der Waals surface area contributed by atoms with Crippen LogP contribution in [0.1, 0.15) is 29.9 Å². The van der Waals surface area contributed by atoms with Gasteiger partial charge in [0.25, 0.3) is 0 Å². The van der Waals surface area contributed by atoms with Crippen molar-refractivity contribution in [2.24, 2.45) is 0 Å². The zero-order valence-corrected chi connectivity index (χ0v) is 15.3. The molecule has 1 aromatic heterocycles. The number of carbonyl (C=O) groups is 1. The van der Waals surface area contributed by atoms with Crippen molar-refractivity contribution >= 4 is 40.5 Å². The Labute approximate surface area is 153 Å². The number of ketones is 1. The molecule has 1 N–H and O–H groups in total. The van der Waals surface area contributed by atoms with Crippen LogP contribution in [-0.2, 0) is 0 Å². The molecule has 0 spiro atoms. The Morgan fingerprint density at radius 3 is 2.48 bits per heavy atom. The smallest absolute Gasteiger partial charge is 0.159 e. The molecule has 2 aromatic carbocycles. The van der Waals surface area contributed by atoms with Gasteiger partial charge in [0.05, 0.1) is 12.1 Å². The predicted octanol–water partition coefficient (Wildman–Crippen LogP) is 5.31. The minimum Gasteiger partial charge on any atom is -0.494 e. The monoisotopic (exact) mass is 356 g/mol. The Morgan fingerprint density at radius 1 is 1.12 bits per heavy atom. The second kappa shape index (κ2) is 7.99. The van der Waals surface area contributed by atoms with E-state index in [9.17, 15) is 4.79 Å². The third kappa shape index (κ3) is 4.28. The summed E-state index contributed by atoms with van der Waals surface area (Å²) in [5.74, 6) is 0.888. The van der Waals surface area contributed by atoms with Gasteiger partial charge < -0.3 is 10.1 Å². The summed E-state index contributed by atoms with van der Waals surface area (Å²) >= 11 is 0. The third-order valence-electron chi connectivity index (χ3n) is 3.79. The van der Waals surface area contributed by atoms with Gasteiger partial charge in [0, 0.05) is 28.0 Å². The number of hydrogen-bond donors (Lipinski definition) is 1. The Bertz CT molecular complexity index is 892. The van der Waals surface area contributed by atoms with Crippen molar-refractivity contribution in [3.05, 3.63) is 59.8 Å². The predicted molar refractivity (Wildman–Crippen MR) is 105 cm³/mol. The standard InChI is InChI=1S/C20H20N2O2.ClH/c1-4-24-17-9-10-19-18(12-17)20(11-13(2)21-19)22-16-7-5-15(6-8-16)14(3)23;/h5-12H,4H2,1-3H3,(H,21,22);1H. The summed E-state index contributed by atoms with van der Waals surface area (Å²) in [6, 6.07) is 15.4. The molecule has 0 aliphatic heterocycles. The molecular formula is C20H21ClN2O2. The number of aryl methyl sites for hydroxylation is 1. The van der Waals surface area contributed by atoms with Crippen molar-refractivity contribution in [3.63, 3.8) is 0 Å². The Balaban J connectivity index is 0.00000225. The lowest BCUT2D eigenvalue weighted by molar-refractivity contribution is 0.101. The highest BCUT2D eigenvalue weighted by Gasteiger charge is 2.07. The number of rotatable bonds is 5. The molecule has 1 heterocycles. The molecule has 3 aromatic rings. The van der Waals surface area contributed by atoms with Crippen LogP contribution in [0.25, 0.3) is 10.9 Å². The number of ether oxygens (including phenoxy) is 1. The second-order valence-corrected chi connectivity index (χ2v) is 5.68. The van der Waals surface area contributed by atoms with Crippen molar-refractivity contribution in [1.82, 2.24) is 4.98 Å². The van der Waals surface area contributed by atoms with E-state index in [1.807, 2.05) is 62.4 Å². The lowest BCUT2D eigenvalue weighted by atomic mass is 10.1. The number of carbonyl (C=O) groups excluding carboxylic acids is 1. The zero-order chi connectivity index (χ0) is 17.1. The normalized spacial score (nSPS) is 10.2. The van der Waals surface area contributed by atoms with E-state index in [0.29, 0.717) is 12.2 Å². The Kier molecular flexibility index (Phi) is 5.99. The molecule has 0 radical (unpaired) electrons. The summed E-state index contributed by atoms with van der Waals surface area (Å²) < 4.78 is 5.60. The largest absolute Gasteiger partial charge is 0.494 e. The number of nitrogens with one attached hydrogen (secondary N) is 1. The molecule has 0 bridgehead atoms. The van der Waals surface area contributed by atoms with Gasteiger partial charge in [0.2, 0.25) is 0 Å². The van der Waals surface area contributed by atoms with Crippen LogP contribution in [0.3, 0.4) is 0 Å². The van der Waals surface area contributed by atoms with Crippen LogP contribution in [0, 0.1) is 6.92 Å². The van der Waals surface area contributed by atoms with E-state index >= 15 is 0 Å². The quantitative estimate of drug-likeness (QED) is 0.629. The molecule has 4 nitrogen and oxygen atoms in total. The summed E-state index contributed by atoms with van der Waals surface area (Å²) in [5.41, 5.74) is 4.45. The SMILES string of the molecule is CCOc1ccc2nc(C)cc(Nc3ccc(C(C)=O)cc3)c2c1.Cl. The summed E-state index contributed by atoms with van der Waals surface area (Å²) in [4.78, 5) is 16.0. The number of halogens is 1. The molecule has 3 rings (SSSR count). The Morgan fingerprint density at radius 2 is 1.84 bits per heavy atom. The highest BCUT2D eigenvalue weighted by Crippen LogP contribution is 2.29. The van der Waals surface area contributed by atoms with E-state index in [1.54, 1.807) is 6.92 Å². The topological polar surface area (TPSA) is 51.2 Å². The van der Waals surface area contributed by atoms with Gasteiger partial charge in [-0.2, -0.15) is 0 Å². The van der Waals surface area contributed by atoms with Crippen LogP contribution >= 0.6 is 12.4 Å². The maximum Gasteiger partial charge on any atom is 0.159 e. The van der Waals surface area contributed by atoms with Crippen molar-refractivity contribution < 1.29 is 9.53 Å². The number of Topliss-reactive ketones (excluding diaryl/α,β-unsaturated/α-hetero) is 1. The summed E-state index contributed by atoms with van der Waals surface area (Å²) in [6.07, 6.45) is 0. The van der Waals surface area contributed by atoms with Crippen LogP contribution in [0.5, 0.6) is 5.75 Å². The molecule has 130 valence electrons. The van der Waals surface area contributed by atoms with E-state index in [2.05, 4.69) is 10.3 Å². The maximum atomic E-state index is 11.4.